The molecule has 2 aromatic carbocycles. The van der Waals surface area contributed by atoms with Gasteiger partial charge in [-0.2, -0.15) is 5.26 Å². The normalized spacial score (nSPS) is 12.7. The first kappa shape index (κ1) is 21.3. The lowest BCUT2D eigenvalue weighted by Crippen LogP contribution is -2.04. The minimum atomic E-state index is -2.71. The highest BCUT2D eigenvalue weighted by atomic mass is 32.2. The molecule has 0 saturated carbocycles. The van der Waals surface area contributed by atoms with Crippen molar-refractivity contribution in [3.05, 3.63) is 71.2 Å². The summed E-state index contributed by atoms with van der Waals surface area (Å²) < 4.78 is 57.1. The Morgan fingerprint density at radius 3 is 2.63 bits per heavy atom. The van der Waals surface area contributed by atoms with Crippen molar-refractivity contribution >= 4 is 21.4 Å². The average molecular weight is 431 g/mol. The van der Waals surface area contributed by atoms with Crippen molar-refractivity contribution in [3.63, 3.8) is 0 Å². The summed E-state index contributed by atoms with van der Waals surface area (Å²) >= 11 is 0. The largest absolute Gasteiger partial charge is 0.324 e. The molecule has 1 heterocycles. The van der Waals surface area contributed by atoms with Crippen LogP contribution in [-0.2, 0) is 15.5 Å². The number of benzene rings is 2. The smallest absolute Gasteiger partial charge is 0.227 e. The van der Waals surface area contributed by atoms with Crippen LogP contribution < -0.4 is 5.32 Å². The lowest BCUT2D eigenvalue weighted by atomic mass is 10.1. The maximum atomic E-state index is 14.2. The number of nitrogens with zero attached hydrogens (tertiary/aromatic N) is 4. The van der Waals surface area contributed by atoms with Crippen molar-refractivity contribution in [2.24, 2.45) is 4.36 Å². The second-order valence-corrected chi connectivity index (χ2v) is 9.03. The predicted molar refractivity (Wildman–Crippen MR) is 108 cm³/mol. The molecular formula is C20H16F3N5OS. The molecule has 0 amide bonds. The highest BCUT2D eigenvalue weighted by Crippen LogP contribution is 2.26. The molecule has 0 fully saturated rings. The highest BCUT2D eigenvalue weighted by Gasteiger charge is 2.15. The second kappa shape index (κ2) is 8.51. The number of halogens is 3. The first-order valence-corrected chi connectivity index (χ1v) is 10.7. The van der Waals surface area contributed by atoms with Gasteiger partial charge in [-0.05, 0) is 42.3 Å². The molecule has 0 aliphatic heterocycles. The number of aryl methyl sites for hydroxylation is 1. The summed E-state index contributed by atoms with van der Waals surface area (Å²) in [5.41, 5.74) is 1.50. The summed E-state index contributed by atoms with van der Waals surface area (Å²) in [6, 6.07) is 7.98. The number of nitrogens with one attached hydrogen (secondary N) is 1. The first-order valence-electron chi connectivity index (χ1n) is 8.60. The van der Waals surface area contributed by atoms with Crippen molar-refractivity contribution in [2.45, 2.75) is 12.7 Å². The maximum Gasteiger partial charge on any atom is 0.227 e. The fraction of sp³-hybridized carbons (Fsp3) is 0.150. The Labute approximate surface area is 171 Å². The number of hydrogen-bond donors (Lipinski definition) is 1. The standard InChI is InChI=1S/C20H16F3N5OS/c1-12-5-13(10-30(2,29)26-11-24)7-15(6-12)27-20-25-9-18(23)19(28-20)16-4-3-14(21)8-17(16)22/h3-9H,10H2,1-2H3,(H,25,27,28). The highest BCUT2D eigenvalue weighted by molar-refractivity contribution is 7.92. The summed E-state index contributed by atoms with van der Waals surface area (Å²) in [4.78, 5) is 7.87. The van der Waals surface area contributed by atoms with E-state index >= 15 is 0 Å². The van der Waals surface area contributed by atoms with Gasteiger partial charge in [0.2, 0.25) is 12.1 Å². The molecule has 1 atom stereocenters. The minimum absolute atomic E-state index is 0.00869. The van der Waals surface area contributed by atoms with E-state index in [9.17, 15) is 17.4 Å². The number of nitriles is 1. The number of aromatic nitrogens is 2. The van der Waals surface area contributed by atoms with Crippen LogP contribution >= 0.6 is 0 Å². The van der Waals surface area contributed by atoms with Gasteiger partial charge in [0, 0.05) is 23.6 Å². The molecule has 1 N–H and O–H groups in total. The second-order valence-electron chi connectivity index (χ2n) is 6.64. The molecule has 154 valence electrons. The van der Waals surface area contributed by atoms with Crippen molar-refractivity contribution in [1.29, 1.82) is 5.26 Å². The van der Waals surface area contributed by atoms with E-state index in [4.69, 9.17) is 5.26 Å². The number of hydrogen-bond acceptors (Lipinski definition) is 6. The molecule has 1 unspecified atom stereocenters. The summed E-state index contributed by atoms with van der Waals surface area (Å²) in [6.45, 7) is 1.82. The SMILES string of the molecule is Cc1cc(CS(C)(=O)=NC#N)cc(Nc2ncc(F)c(-c3ccc(F)cc3F)n2)c1. The van der Waals surface area contributed by atoms with Gasteiger partial charge in [-0.3, -0.25) is 0 Å². The van der Waals surface area contributed by atoms with E-state index in [0.29, 0.717) is 17.3 Å². The summed E-state index contributed by atoms with van der Waals surface area (Å²) in [7, 11) is -2.71. The van der Waals surface area contributed by atoms with Crippen LogP contribution in [0.5, 0.6) is 0 Å². The molecule has 0 saturated heterocycles. The predicted octanol–water partition coefficient (Wildman–Crippen LogP) is 4.69. The number of rotatable bonds is 5. The van der Waals surface area contributed by atoms with Crippen LogP contribution in [0.2, 0.25) is 0 Å². The van der Waals surface area contributed by atoms with Crippen LogP contribution in [0.15, 0.2) is 47.0 Å². The molecule has 0 radical (unpaired) electrons. The molecule has 3 aromatic rings. The zero-order chi connectivity index (χ0) is 21.9. The van der Waals surface area contributed by atoms with Crippen LogP contribution in [0, 0.1) is 35.8 Å². The summed E-state index contributed by atoms with van der Waals surface area (Å²) in [5, 5.41) is 11.6. The molecule has 10 heteroatoms. The van der Waals surface area contributed by atoms with Gasteiger partial charge in [0.25, 0.3) is 0 Å². The molecule has 0 bridgehead atoms. The lowest BCUT2D eigenvalue weighted by Gasteiger charge is -2.11. The van der Waals surface area contributed by atoms with E-state index in [-0.39, 0.29) is 23.0 Å². The Morgan fingerprint density at radius 1 is 1.17 bits per heavy atom. The third-order valence-electron chi connectivity index (χ3n) is 3.99. The fourth-order valence-electron chi connectivity index (χ4n) is 2.87. The minimum Gasteiger partial charge on any atom is -0.324 e. The van der Waals surface area contributed by atoms with Gasteiger partial charge in [-0.25, -0.2) is 27.3 Å². The Balaban J connectivity index is 1.95. The van der Waals surface area contributed by atoms with Crippen molar-refractivity contribution < 1.29 is 17.4 Å². The third-order valence-corrected chi connectivity index (χ3v) is 5.33. The van der Waals surface area contributed by atoms with Gasteiger partial charge >= 0.3 is 0 Å². The van der Waals surface area contributed by atoms with Gasteiger partial charge in [-0.1, -0.05) is 6.07 Å². The van der Waals surface area contributed by atoms with Crippen molar-refractivity contribution in [3.8, 4) is 17.5 Å². The Bertz CT molecular complexity index is 1280. The van der Waals surface area contributed by atoms with Crippen molar-refractivity contribution in [2.75, 3.05) is 11.6 Å². The Hall–Kier alpha value is -3.45. The number of anilines is 2. The Kier molecular flexibility index (Phi) is 6.03. The van der Waals surface area contributed by atoms with E-state index in [1.807, 2.05) is 6.92 Å². The van der Waals surface area contributed by atoms with E-state index in [0.717, 1.165) is 23.9 Å². The van der Waals surface area contributed by atoms with E-state index in [1.54, 1.807) is 24.4 Å². The fourth-order valence-corrected chi connectivity index (χ4v) is 3.90. The zero-order valence-corrected chi connectivity index (χ0v) is 16.8. The molecule has 1 aromatic heterocycles. The van der Waals surface area contributed by atoms with Gasteiger partial charge < -0.3 is 5.32 Å². The monoisotopic (exact) mass is 431 g/mol. The quantitative estimate of drug-likeness (QED) is 0.592. The van der Waals surface area contributed by atoms with Gasteiger partial charge in [-0.15, -0.1) is 4.36 Å². The Morgan fingerprint density at radius 2 is 1.93 bits per heavy atom. The maximum absolute atomic E-state index is 14.2. The molecule has 0 aliphatic rings. The van der Waals surface area contributed by atoms with E-state index in [1.165, 1.54) is 6.26 Å². The lowest BCUT2D eigenvalue weighted by molar-refractivity contribution is 0.580. The van der Waals surface area contributed by atoms with Gasteiger partial charge in [0.05, 0.1) is 21.7 Å². The average Bonchev–Trinajstić information content (AvgIpc) is 2.62. The van der Waals surface area contributed by atoms with E-state index in [2.05, 4.69) is 19.6 Å². The summed E-state index contributed by atoms with van der Waals surface area (Å²) in [6.07, 6.45) is 3.83. The third kappa shape index (κ3) is 5.12. The molecule has 30 heavy (non-hydrogen) atoms. The van der Waals surface area contributed by atoms with Crippen LogP contribution in [0.25, 0.3) is 11.3 Å². The van der Waals surface area contributed by atoms with Crippen molar-refractivity contribution in [1.82, 2.24) is 9.97 Å². The van der Waals surface area contributed by atoms with Crippen LogP contribution in [0.4, 0.5) is 24.8 Å². The zero-order valence-electron chi connectivity index (χ0n) is 16.0. The molecule has 0 spiro atoms. The summed E-state index contributed by atoms with van der Waals surface area (Å²) in [5.74, 6) is -2.54. The topological polar surface area (TPSA) is 91.0 Å². The molecule has 6 nitrogen and oxygen atoms in total. The van der Waals surface area contributed by atoms with Crippen LogP contribution in [0.1, 0.15) is 11.1 Å². The molecule has 0 aliphatic carbocycles. The molecular weight excluding hydrogens is 415 g/mol. The molecule has 3 rings (SSSR count). The van der Waals surface area contributed by atoms with Crippen LogP contribution in [-0.4, -0.2) is 20.4 Å². The van der Waals surface area contributed by atoms with Gasteiger partial charge in [0.15, 0.2) is 5.82 Å². The van der Waals surface area contributed by atoms with Crippen LogP contribution in [0.3, 0.4) is 0 Å². The van der Waals surface area contributed by atoms with E-state index < -0.39 is 27.2 Å². The van der Waals surface area contributed by atoms with Gasteiger partial charge in [0.1, 0.15) is 17.3 Å². The first-order chi connectivity index (χ1) is 14.2.